The standard InChI is InChI=1S/C24H32Cl2N6/c1-14-19(20-16(11-27)18(28)8-17(25)21(20)26)22(31-7-5-4-6-23(31,2)3)30-32(14)15-9-24(10-15)12-29-13-24/h8,11,15,27,29H,4-7,9-10,12-13,28H2,1-3H3. The van der Waals surface area contributed by atoms with Gasteiger partial charge < -0.3 is 21.4 Å². The van der Waals surface area contributed by atoms with Crippen LogP contribution in [0.5, 0.6) is 0 Å². The van der Waals surface area contributed by atoms with Gasteiger partial charge in [0.25, 0.3) is 0 Å². The topological polar surface area (TPSA) is 83.0 Å². The van der Waals surface area contributed by atoms with Crippen LogP contribution >= 0.6 is 23.2 Å². The second kappa shape index (κ2) is 7.64. The van der Waals surface area contributed by atoms with Crippen LogP contribution in [0.15, 0.2) is 6.07 Å². The number of aromatic nitrogens is 2. The summed E-state index contributed by atoms with van der Waals surface area (Å²) in [5.74, 6) is 0.937. The van der Waals surface area contributed by atoms with Crippen LogP contribution in [0.25, 0.3) is 11.1 Å². The number of nitrogens with zero attached hydrogens (tertiary/aromatic N) is 3. The third kappa shape index (κ3) is 3.25. The SMILES string of the molecule is Cc1c(-c2c(Cl)c(Cl)cc(N)c2C=N)c(N2CCCCC2(C)C)nn1C1CC2(CNC2)C1. The van der Waals surface area contributed by atoms with Gasteiger partial charge in [0.1, 0.15) is 0 Å². The van der Waals surface area contributed by atoms with Gasteiger partial charge in [-0.25, -0.2) is 0 Å². The van der Waals surface area contributed by atoms with E-state index in [-0.39, 0.29) is 5.54 Å². The number of nitrogen functional groups attached to an aromatic ring is 1. The van der Waals surface area contributed by atoms with Gasteiger partial charge >= 0.3 is 0 Å². The number of halogens is 2. The monoisotopic (exact) mass is 474 g/mol. The second-order valence-corrected chi connectivity index (χ2v) is 11.3. The summed E-state index contributed by atoms with van der Waals surface area (Å²) in [7, 11) is 0. The summed E-state index contributed by atoms with van der Waals surface area (Å²) in [5.41, 5.74) is 10.6. The molecule has 5 rings (SSSR count). The molecule has 0 radical (unpaired) electrons. The van der Waals surface area contributed by atoms with Crippen molar-refractivity contribution in [3.8, 4) is 11.1 Å². The zero-order valence-corrected chi connectivity index (χ0v) is 20.6. The summed E-state index contributed by atoms with van der Waals surface area (Å²) in [6.45, 7) is 9.85. The molecule has 3 fully saturated rings. The maximum Gasteiger partial charge on any atom is 0.159 e. The highest BCUT2D eigenvalue weighted by Crippen LogP contribution is 2.53. The smallest absolute Gasteiger partial charge is 0.159 e. The van der Waals surface area contributed by atoms with Crippen molar-refractivity contribution in [1.29, 1.82) is 5.41 Å². The molecule has 3 heterocycles. The number of rotatable bonds is 4. The lowest BCUT2D eigenvalue weighted by molar-refractivity contribution is 0.00158. The van der Waals surface area contributed by atoms with Gasteiger partial charge in [-0.2, -0.15) is 5.10 Å². The number of benzene rings is 1. The summed E-state index contributed by atoms with van der Waals surface area (Å²) >= 11 is 13.3. The Balaban J connectivity index is 1.70. The average molecular weight is 475 g/mol. The predicted octanol–water partition coefficient (Wildman–Crippen LogP) is 5.44. The van der Waals surface area contributed by atoms with E-state index >= 15 is 0 Å². The van der Waals surface area contributed by atoms with Crippen molar-refractivity contribution in [2.75, 3.05) is 30.3 Å². The van der Waals surface area contributed by atoms with Gasteiger partial charge in [-0.1, -0.05) is 23.2 Å². The summed E-state index contributed by atoms with van der Waals surface area (Å²) < 4.78 is 2.21. The summed E-state index contributed by atoms with van der Waals surface area (Å²) in [6.07, 6.45) is 7.04. The van der Waals surface area contributed by atoms with Gasteiger partial charge in [0.15, 0.2) is 5.82 Å². The van der Waals surface area contributed by atoms with Gasteiger partial charge in [0, 0.05) is 59.5 Å². The number of hydrogen-bond acceptors (Lipinski definition) is 5. The van der Waals surface area contributed by atoms with E-state index in [1.807, 2.05) is 0 Å². The molecule has 1 aliphatic carbocycles. The van der Waals surface area contributed by atoms with Crippen LogP contribution in [0.4, 0.5) is 11.5 Å². The van der Waals surface area contributed by atoms with Crippen LogP contribution in [0, 0.1) is 17.7 Å². The minimum absolute atomic E-state index is 0.0151. The molecule has 3 aliphatic rings. The fraction of sp³-hybridized carbons (Fsp3) is 0.583. The minimum atomic E-state index is -0.0151. The van der Waals surface area contributed by atoms with Gasteiger partial charge in [-0.05, 0) is 64.4 Å². The number of piperidine rings is 1. The van der Waals surface area contributed by atoms with Crippen LogP contribution in [-0.4, -0.2) is 41.2 Å². The van der Waals surface area contributed by atoms with Crippen LogP contribution < -0.4 is 16.0 Å². The molecule has 0 bridgehead atoms. The second-order valence-electron chi connectivity index (χ2n) is 10.5. The largest absolute Gasteiger partial charge is 0.398 e. The molecule has 32 heavy (non-hydrogen) atoms. The minimum Gasteiger partial charge on any atom is -0.398 e. The number of nitrogens with one attached hydrogen (secondary N) is 2. The third-order valence-corrected chi connectivity index (χ3v) is 8.69. The maximum absolute atomic E-state index is 8.07. The van der Waals surface area contributed by atoms with E-state index in [9.17, 15) is 0 Å². The summed E-state index contributed by atoms with van der Waals surface area (Å²) in [5, 5.41) is 17.6. The van der Waals surface area contributed by atoms with Crippen molar-refractivity contribution in [2.24, 2.45) is 5.41 Å². The van der Waals surface area contributed by atoms with E-state index in [2.05, 4.69) is 35.7 Å². The molecule has 6 nitrogen and oxygen atoms in total. The molecule has 1 aromatic carbocycles. The first-order chi connectivity index (χ1) is 15.2. The Morgan fingerprint density at radius 3 is 2.53 bits per heavy atom. The molecule has 2 aromatic rings. The van der Waals surface area contributed by atoms with Crippen LogP contribution in [-0.2, 0) is 0 Å². The molecule has 1 saturated carbocycles. The first-order valence-corrected chi connectivity index (χ1v) is 12.3. The first-order valence-electron chi connectivity index (χ1n) is 11.5. The van der Waals surface area contributed by atoms with E-state index in [0.29, 0.717) is 32.8 Å². The molecule has 4 N–H and O–H groups in total. The van der Waals surface area contributed by atoms with E-state index in [1.165, 1.54) is 12.6 Å². The highest BCUT2D eigenvalue weighted by molar-refractivity contribution is 6.44. The van der Waals surface area contributed by atoms with E-state index in [4.69, 9.17) is 39.4 Å². The van der Waals surface area contributed by atoms with Crippen LogP contribution in [0.3, 0.4) is 0 Å². The van der Waals surface area contributed by atoms with Crippen molar-refractivity contribution < 1.29 is 0 Å². The lowest BCUT2D eigenvalue weighted by Crippen LogP contribution is -2.60. The number of anilines is 2. The molecule has 0 atom stereocenters. The fourth-order valence-electron chi connectivity index (χ4n) is 5.94. The zero-order chi connectivity index (χ0) is 22.8. The molecule has 172 valence electrons. The molecule has 2 aliphatic heterocycles. The predicted molar refractivity (Wildman–Crippen MR) is 134 cm³/mol. The van der Waals surface area contributed by atoms with Crippen LogP contribution in [0.1, 0.15) is 63.3 Å². The third-order valence-electron chi connectivity index (χ3n) is 7.91. The quantitative estimate of drug-likeness (QED) is 0.406. The summed E-state index contributed by atoms with van der Waals surface area (Å²) in [4.78, 5) is 2.43. The Hall–Kier alpha value is -1.76. The number of hydrogen-bond donors (Lipinski definition) is 3. The molecular formula is C24H32Cl2N6. The van der Waals surface area contributed by atoms with Crippen molar-refractivity contribution in [3.63, 3.8) is 0 Å². The summed E-state index contributed by atoms with van der Waals surface area (Å²) in [6, 6.07) is 2.02. The highest BCUT2D eigenvalue weighted by Gasteiger charge is 2.50. The van der Waals surface area contributed by atoms with Gasteiger partial charge in [0.2, 0.25) is 0 Å². The maximum atomic E-state index is 8.07. The Kier molecular flexibility index (Phi) is 5.27. The average Bonchev–Trinajstić information content (AvgIpc) is 2.98. The van der Waals surface area contributed by atoms with E-state index in [1.54, 1.807) is 6.07 Å². The first kappa shape index (κ1) is 22.1. The zero-order valence-electron chi connectivity index (χ0n) is 19.1. The van der Waals surface area contributed by atoms with E-state index < -0.39 is 0 Å². The molecule has 0 amide bonds. The molecule has 0 unspecified atom stereocenters. The molecule has 1 spiro atoms. The highest BCUT2D eigenvalue weighted by atomic mass is 35.5. The number of nitrogens with two attached hydrogens (primary N) is 1. The van der Waals surface area contributed by atoms with Gasteiger partial charge in [-0.15, -0.1) is 0 Å². The molecule has 8 heteroatoms. The van der Waals surface area contributed by atoms with E-state index in [0.717, 1.165) is 68.0 Å². The molecule has 1 aromatic heterocycles. The van der Waals surface area contributed by atoms with Crippen molar-refractivity contribution in [3.05, 3.63) is 27.4 Å². The lowest BCUT2D eigenvalue weighted by atomic mass is 9.61. The van der Waals surface area contributed by atoms with Crippen LogP contribution in [0.2, 0.25) is 10.0 Å². The Morgan fingerprint density at radius 2 is 1.94 bits per heavy atom. The van der Waals surface area contributed by atoms with Gasteiger partial charge in [-0.3, -0.25) is 4.68 Å². The van der Waals surface area contributed by atoms with Crippen molar-refractivity contribution in [1.82, 2.24) is 15.1 Å². The van der Waals surface area contributed by atoms with Crippen molar-refractivity contribution >= 4 is 40.9 Å². The molecular weight excluding hydrogens is 443 g/mol. The fourth-order valence-corrected chi connectivity index (χ4v) is 6.40. The Morgan fingerprint density at radius 1 is 1.22 bits per heavy atom. The Bertz CT molecular complexity index is 1080. The normalized spacial score (nSPS) is 22.0. The van der Waals surface area contributed by atoms with Crippen molar-refractivity contribution in [2.45, 2.75) is 64.5 Å². The lowest BCUT2D eigenvalue weighted by Gasteiger charge is -2.54. The Labute approximate surface area is 199 Å². The van der Waals surface area contributed by atoms with Gasteiger partial charge in [0.05, 0.1) is 16.1 Å². The molecule has 2 saturated heterocycles.